The number of benzene rings is 1. The lowest BCUT2D eigenvalue weighted by Gasteiger charge is -2.31. The van der Waals surface area contributed by atoms with E-state index in [0.717, 1.165) is 12.2 Å². The number of nitrogens with two attached hydrogens (primary N) is 1. The third-order valence-corrected chi connectivity index (χ3v) is 3.75. The zero-order valence-electron chi connectivity index (χ0n) is 15.6. The molecule has 1 aromatic carbocycles. The summed E-state index contributed by atoms with van der Waals surface area (Å²) >= 11 is 0. The first-order chi connectivity index (χ1) is 12.6. The molecule has 0 fully saturated rings. The standard InChI is InChI=1S/C17H23F3N2O5/c1-5-27-15(24)16(17(18,19)20,22-11(2)23)21-9-8-12-6-7-13(25-3)14(10-12)26-4/h6-7,10,21H,5,8-9H2,1-4H3,(H,22,23)/p+1/t16-/m0/s1. The van der Waals surface area contributed by atoms with Gasteiger partial charge in [-0.05, 0) is 24.6 Å². The Hall–Kier alpha value is -2.49. The molecular weight excluding hydrogens is 369 g/mol. The van der Waals surface area contributed by atoms with E-state index in [-0.39, 0.29) is 19.6 Å². The number of amides is 1. The number of esters is 1. The summed E-state index contributed by atoms with van der Waals surface area (Å²) in [6.07, 6.45) is -4.88. The lowest BCUT2D eigenvalue weighted by molar-refractivity contribution is -0.743. The first-order valence-corrected chi connectivity index (χ1v) is 8.19. The molecule has 1 amide bonds. The van der Waals surface area contributed by atoms with Crippen LogP contribution >= 0.6 is 0 Å². The maximum atomic E-state index is 13.7. The monoisotopic (exact) mass is 393 g/mol. The molecule has 0 aliphatic carbocycles. The number of hydrogen-bond donors (Lipinski definition) is 2. The van der Waals surface area contributed by atoms with Crippen molar-refractivity contribution in [1.82, 2.24) is 5.32 Å². The molecule has 0 aliphatic rings. The van der Waals surface area contributed by atoms with Gasteiger partial charge in [-0.2, -0.15) is 13.2 Å². The average Bonchev–Trinajstić information content (AvgIpc) is 2.59. The average molecular weight is 393 g/mol. The van der Waals surface area contributed by atoms with Gasteiger partial charge in [0.1, 0.15) is 0 Å². The van der Waals surface area contributed by atoms with Crippen LogP contribution in [-0.4, -0.2) is 51.1 Å². The molecule has 0 saturated carbocycles. The van der Waals surface area contributed by atoms with Crippen LogP contribution in [0.3, 0.4) is 0 Å². The molecule has 0 spiro atoms. The molecule has 1 atom stereocenters. The molecule has 1 aromatic rings. The Morgan fingerprint density at radius 1 is 1.15 bits per heavy atom. The van der Waals surface area contributed by atoms with E-state index in [2.05, 4.69) is 4.74 Å². The van der Waals surface area contributed by atoms with Gasteiger partial charge in [-0.15, -0.1) is 0 Å². The lowest BCUT2D eigenvalue weighted by Crippen LogP contribution is -3.07. The van der Waals surface area contributed by atoms with Crippen molar-refractivity contribution < 1.29 is 42.3 Å². The summed E-state index contributed by atoms with van der Waals surface area (Å²) in [5, 5.41) is 2.43. The van der Waals surface area contributed by atoms with Crippen LogP contribution in [0.15, 0.2) is 18.2 Å². The Morgan fingerprint density at radius 3 is 2.26 bits per heavy atom. The van der Waals surface area contributed by atoms with Crippen LogP contribution < -0.4 is 20.1 Å². The second kappa shape index (κ2) is 9.45. The second-order valence-electron chi connectivity index (χ2n) is 5.64. The van der Waals surface area contributed by atoms with E-state index in [1.165, 1.54) is 21.1 Å². The number of halogens is 3. The highest BCUT2D eigenvalue weighted by atomic mass is 19.4. The largest absolute Gasteiger partial charge is 0.493 e. The van der Waals surface area contributed by atoms with Gasteiger partial charge < -0.3 is 19.5 Å². The molecule has 1 rings (SSSR count). The van der Waals surface area contributed by atoms with Crippen molar-refractivity contribution in [3.63, 3.8) is 0 Å². The predicted molar refractivity (Wildman–Crippen MR) is 89.3 cm³/mol. The maximum absolute atomic E-state index is 13.7. The smallest absolute Gasteiger partial charge is 0.478 e. The topological polar surface area (TPSA) is 90.5 Å². The molecule has 0 heterocycles. The van der Waals surface area contributed by atoms with Crippen LogP contribution in [0.2, 0.25) is 0 Å². The summed E-state index contributed by atoms with van der Waals surface area (Å²) < 4.78 is 55.8. The molecule has 0 unspecified atom stereocenters. The van der Waals surface area contributed by atoms with Crippen LogP contribution in [0, 0.1) is 0 Å². The van der Waals surface area contributed by atoms with Gasteiger partial charge in [0, 0.05) is 13.3 Å². The van der Waals surface area contributed by atoms with E-state index in [0.29, 0.717) is 17.1 Å². The Kier molecular flexibility index (Phi) is 7.89. The van der Waals surface area contributed by atoms with Crippen LogP contribution in [-0.2, 0) is 20.7 Å². The summed E-state index contributed by atoms with van der Waals surface area (Å²) in [4.78, 5) is 23.4. The van der Waals surface area contributed by atoms with Gasteiger partial charge in [0.15, 0.2) is 11.5 Å². The number of hydrogen-bond acceptors (Lipinski definition) is 5. The van der Waals surface area contributed by atoms with Crippen molar-refractivity contribution >= 4 is 11.9 Å². The summed E-state index contributed by atoms with van der Waals surface area (Å²) in [5.74, 6) is -1.65. The Morgan fingerprint density at radius 2 is 1.78 bits per heavy atom. The minimum atomic E-state index is -5.05. The van der Waals surface area contributed by atoms with Gasteiger partial charge in [0.05, 0.1) is 27.4 Å². The molecule has 152 valence electrons. The second-order valence-corrected chi connectivity index (χ2v) is 5.64. The van der Waals surface area contributed by atoms with E-state index in [1.54, 1.807) is 23.5 Å². The van der Waals surface area contributed by atoms with Gasteiger partial charge >= 0.3 is 17.8 Å². The maximum Gasteiger partial charge on any atom is 0.478 e. The number of rotatable bonds is 9. The molecule has 10 heteroatoms. The fourth-order valence-electron chi connectivity index (χ4n) is 2.50. The number of ether oxygens (including phenoxy) is 3. The van der Waals surface area contributed by atoms with Crippen LogP contribution in [0.25, 0.3) is 0 Å². The van der Waals surface area contributed by atoms with Crippen molar-refractivity contribution in [2.45, 2.75) is 32.1 Å². The zero-order chi connectivity index (χ0) is 20.7. The van der Waals surface area contributed by atoms with Crippen LogP contribution in [0.1, 0.15) is 19.4 Å². The third kappa shape index (κ3) is 5.49. The predicted octanol–water partition coefficient (Wildman–Crippen LogP) is 0.767. The van der Waals surface area contributed by atoms with Crippen molar-refractivity contribution in [1.29, 1.82) is 0 Å². The molecule has 0 saturated heterocycles. The minimum absolute atomic E-state index is 0.145. The molecule has 3 N–H and O–H groups in total. The Bertz CT molecular complexity index is 666. The fourth-order valence-corrected chi connectivity index (χ4v) is 2.50. The normalized spacial score (nSPS) is 13.4. The molecular formula is C17H24F3N2O5+. The highest BCUT2D eigenvalue weighted by Crippen LogP contribution is 2.28. The highest BCUT2D eigenvalue weighted by molar-refractivity contribution is 5.86. The van der Waals surface area contributed by atoms with E-state index in [4.69, 9.17) is 9.47 Å². The summed E-state index contributed by atoms with van der Waals surface area (Å²) in [7, 11) is 2.91. The number of nitrogens with one attached hydrogen (secondary N) is 1. The van der Waals surface area contributed by atoms with Gasteiger partial charge in [-0.3, -0.25) is 10.1 Å². The van der Waals surface area contributed by atoms with Gasteiger partial charge in [0.2, 0.25) is 5.91 Å². The van der Waals surface area contributed by atoms with Gasteiger partial charge in [-0.1, -0.05) is 6.07 Å². The Balaban J connectivity index is 3.03. The van der Waals surface area contributed by atoms with Gasteiger partial charge in [-0.25, -0.2) is 4.79 Å². The fraction of sp³-hybridized carbons (Fsp3) is 0.529. The van der Waals surface area contributed by atoms with E-state index in [1.807, 2.05) is 0 Å². The Labute approximate surface area is 155 Å². The lowest BCUT2D eigenvalue weighted by atomic mass is 10.1. The quantitative estimate of drug-likeness (QED) is 0.478. The number of carbonyl (C=O) groups is 2. The molecule has 0 bridgehead atoms. The van der Waals surface area contributed by atoms with Gasteiger partial charge in [0.25, 0.3) is 0 Å². The third-order valence-electron chi connectivity index (χ3n) is 3.75. The number of alkyl halides is 3. The molecule has 0 radical (unpaired) electrons. The SMILES string of the molecule is CCOC(=O)[C@@](NC(C)=O)([NH2+]CCc1ccc(OC)c(OC)c1)C(F)(F)F. The molecule has 7 nitrogen and oxygen atoms in total. The van der Waals surface area contributed by atoms with E-state index >= 15 is 0 Å². The van der Waals surface area contributed by atoms with Crippen LogP contribution in [0.5, 0.6) is 11.5 Å². The van der Waals surface area contributed by atoms with E-state index in [9.17, 15) is 22.8 Å². The van der Waals surface area contributed by atoms with Crippen molar-refractivity contribution in [2.24, 2.45) is 0 Å². The minimum Gasteiger partial charge on any atom is -0.493 e. The summed E-state index contributed by atoms with van der Waals surface area (Å²) in [5.41, 5.74) is -2.53. The molecule has 0 aliphatic heterocycles. The summed E-state index contributed by atoms with van der Waals surface area (Å²) in [6, 6.07) is 4.93. The first-order valence-electron chi connectivity index (χ1n) is 8.19. The van der Waals surface area contributed by atoms with Crippen molar-refractivity contribution in [3.05, 3.63) is 23.8 Å². The zero-order valence-corrected chi connectivity index (χ0v) is 15.6. The highest BCUT2D eigenvalue weighted by Gasteiger charge is 2.67. The first kappa shape index (κ1) is 22.6. The van der Waals surface area contributed by atoms with Crippen molar-refractivity contribution in [3.8, 4) is 11.5 Å². The number of methoxy groups -OCH3 is 2. The molecule has 27 heavy (non-hydrogen) atoms. The molecule has 0 aromatic heterocycles. The number of carbonyl (C=O) groups excluding carboxylic acids is 2. The summed E-state index contributed by atoms with van der Waals surface area (Å²) in [6.45, 7) is 1.90. The van der Waals surface area contributed by atoms with Crippen molar-refractivity contribution in [2.75, 3.05) is 27.4 Å². The van der Waals surface area contributed by atoms with E-state index < -0.39 is 23.7 Å². The number of quaternary nitrogens is 1. The van der Waals surface area contributed by atoms with Crippen LogP contribution in [0.4, 0.5) is 13.2 Å².